The van der Waals surface area contributed by atoms with Crippen LogP contribution in [-0.4, -0.2) is 47.9 Å². The van der Waals surface area contributed by atoms with Crippen LogP contribution in [0.3, 0.4) is 0 Å². The lowest BCUT2D eigenvalue weighted by Crippen LogP contribution is -2.32. The molecule has 4 rings (SSSR count). The molecular weight excluding hydrogens is 446 g/mol. The zero-order valence-corrected chi connectivity index (χ0v) is 19.3. The number of carbonyl (C=O) groups is 2. The van der Waals surface area contributed by atoms with E-state index in [0.717, 1.165) is 35.2 Å². The summed E-state index contributed by atoms with van der Waals surface area (Å²) in [5.41, 5.74) is 1.66. The normalized spacial score (nSPS) is 15.7. The highest BCUT2D eigenvalue weighted by Gasteiger charge is 2.17. The van der Waals surface area contributed by atoms with Crippen molar-refractivity contribution in [1.29, 1.82) is 0 Å². The number of para-hydroxylation sites is 1. The fourth-order valence-corrected chi connectivity index (χ4v) is 4.78. The van der Waals surface area contributed by atoms with E-state index in [9.17, 15) is 9.59 Å². The number of amides is 2. The maximum atomic E-state index is 12.3. The number of rotatable bonds is 9. The first kappa shape index (κ1) is 22.7. The van der Waals surface area contributed by atoms with Crippen molar-refractivity contribution >= 4 is 46.1 Å². The van der Waals surface area contributed by atoms with Crippen molar-refractivity contribution in [3.05, 3.63) is 65.3 Å². The Labute approximate surface area is 196 Å². The van der Waals surface area contributed by atoms with Gasteiger partial charge in [-0.3, -0.25) is 9.59 Å². The molecule has 0 aliphatic carbocycles. The van der Waals surface area contributed by atoms with E-state index in [2.05, 4.69) is 33.5 Å². The molecule has 1 fully saturated rings. The highest BCUT2D eigenvalue weighted by atomic mass is 35.5. The predicted molar refractivity (Wildman–Crippen MR) is 128 cm³/mol. The van der Waals surface area contributed by atoms with Gasteiger partial charge >= 0.3 is 0 Å². The Balaban J connectivity index is 1.33. The molecule has 0 radical (unpaired) electrons. The highest BCUT2D eigenvalue weighted by Crippen LogP contribution is 2.29. The van der Waals surface area contributed by atoms with E-state index in [1.807, 2.05) is 12.1 Å². The summed E-state index contributed by atoms with van der Waals surface area (Å²) in [4.78, 5) is 25.6. The monoisotopic (exact) mass is 471 g/mol. The summed E-state index contributed by atoms with van der Waals surface area (Å²) in [6, 6.07) is 14.9. The number of hydrogen-bond donors (Lipinski definition) is 2. The molecule has 32 heavy (non-hydrogen) atoms. The van der Waals surface area contributed by atoms with Crippen LogP contribution in [0.4, 0.5) is 0 Å². The van der Waals surface area contributed by atoms with Crippen LogP contribution in [0.15, 0.2) is 59.6 Å². The number of nitrogens with one attached hydrogen (secondary N) is 2. The predicted octanol–water partition coefficient (Wildman–Crippen LogP) is 4.11. The van der Waals surface area contributed by atoms with Crippen LogP contribution in [-0.2, 0) is 16.1 Å². The van der Waals surface area contributed by atoms with Crippen molar-refractivity contribution in [2.24, 2.45) is 0 Å². The first-order chi connectivity index (χ1) is 15.6. The smallest absolute Gasteiger partial charge is 0.251 e. The topological polar surface area (TPSA) is 72.4 Å². The average molecular weight is 472 g/mol. The van der Waals surface area contributed by atoms with Crippen LogP contribution >= 0.6 is 23.4 Å². The summed E-state index contributed by atoms with van der Waals surface area (Å²) >= 11 is 7.41. The summed E-state index contributed by atoms with van der Waals surface area (Å²) in [6.45, 7) is 2.49. The molecule has 1 aromatic heterocycles. The van der Waals surface area contributed by atoms with Crippen molar-refractivity contribution in [2.75, 3.05) is 25.4 Å². The molecule has 2 N–H and O–H groups in total. The van der Waals surface area contributed by atoms with Crippen LogP contribution in [0.5, 0.6) is 0 Å². The molecule has 1 unspecified atom stereocenters. The third-order valence-electron chi connectivity index (χ3n) is 5.41. The summed E-state index contributed by atoms with van der Waals surface area (Å²) in [7, 11) is 0. The van der Waals surface area contributed by atoms with Gasteiger partial charge in [-0.2, -0.15) is 0 Å². The Morgan fingerprint density at radius 3 is 2.72 bits per heavy atom. The minimum atomic E-state index is -0.129. The largest absolute Gasteiger partial charge is 0.376 e. The molecule has 1 saturated heterocycles. The van der Waals surface area contributed by atoms with E-state index < -0.39 is 0 Å². The first-order valence-corrected chi connectivity index (χ1v) is 12.1. The molecule has 2 amide bonds. The second-order valence-electron chi connectivity index (χ2n) is 7.69. The standard InChI is InChI=1S/C24H26ClN3O3S/c25-18-9-7-17(8-10-18)24(30)26-11-12-28-15-22(20-5-1-2-6-21(20)28)32-16-23(29)27-14-19-4-3-13-31-19/h1-2,5-10,15,19H,3-4,11-14,16H2,(H,26,30)(H,27,29). The van der Waals surface area contributed by atoms with Gasteiger partial charge in [-0.05, 0) is 43.2 Å². The van der Waals surface area contributed by atoms with Gasteiger partial charge in [0, 0.05) is 58.8 Å². The molecule has 3 aromatic rings. The summed E-state index contributed by atoms with van der Waals surface area (Å²) in [5.74, 6) is 0.238. The van der Waals surface area contributed by atoms with Gasteiger partial charge in [0.05, 0.1) is 11.9 Å². The summed E-state index contributed by atoms with van der Waals surface area (Å²) in [5, 5.41) is 7.62. The fourth-order valence-electron chi connectivity index (χ4n) is 3.73. The Kier molecular flexibility index (Phi) is 7.73. The van der Waals surface area contributed by atoms with E-state index in [1.54, 1.807) is 24.3 Å². The van der Waals surface area contributed by atoms with Gasteiger partial charge in [-0.1, -0.05) is 29.8 Å². The van der Waals surface area contributed by atoms with Crippen LogP contribution in [0.2, 0.25) is 5.02 Å². The van der Waals surface area contributed by atoms with Gasteiger partial charge in [0.1, 0.15) is 0 Å². The Hall–Kier alpha value is -2.48. The van der Waals surface area contributed by atoms with E-state index in [1.165, 1.54) is 11.8 Å². The van der Waals surface area contributed by atoms with Gasteiger partial charge in [0.15, 0.2) is 0 Å². The third kappa shape index (κ3) is 5.85. The average Bonchev–Trinajstić information content (AvgIpc) is 3.45. The minimum Gasteiger partial charge on any atom is -0.376 e. The number of halogens is 1. The van der Waals surface area contributed by atoms with E-state index >= 15 is 0 Å². The van der Waals surface area contributed by atoms with Crippen molar-refractivity contribution in [3.8, 4) is 0 Å². The molecule has 6 nitrogen and oxygen atoms in total. The van der Waals surface area contributed by atoms with Crippen LogP contribution < -0.4 is 10.6 Å². The molecule has 0 saturated carbocycles. The quantitative estimate of drug-likeness (QED) is 0.461. The molecule has 0 bridgehead atoms. The molecule has 0 spiro atoms. The van der Waals surface area contributed by atoms with Crippen LogP contribution in [0.1, 0.15) is 23.2 Å². The SMILES string of the molecule is O=C(CSc1cn(CCNC(=O)c2ccc(Cl)cc2)c2ccccc12)NCC1CCCO1. The number of ether oxygens (including phenoxy) is 1. The number of aromatic nitrogens is 1. The number of fused-ring (bicyclic) bond motifs is 1. The van der Waals surface area contributed by atoms with E-state index in [4.69, 9.17) is 16.3 Å². The molecule has 2 heterocycles. The van der Waals surface area contributed by atoms with Gasteiger partial charge in [0.2, 0.25) is 5.91 Å². The molecule has 1 aliphatic rings. The minimum absolute atomic E-state index is 0.0116. The number of thioether (sulfide) groups is 1. The lowest BCUT2D eigenvalue weighted by atomic mass is 10.2. The third-order valence-corrected chi connectivity index (χ3v) is 6.70. The van der Waals surface area contributed by atoms with Gasteiger partial charge in [-0.25, -0.2) is 0 Å². The summed E-state index contributed by atoms with van der Waals surface area (Å²) < 4.78 is 7.67. The van der Waals surface area contributed by atoms with Crippen molar-refractivity contribution < 1.29 is 14.3 Å². The Morgan fingerprint density at radius 2 is 1.94 bits per heavy atom. The van der Waals surface area contributed by atoms with Gasteiger partial charge < -0.3 is 19.9 Å². The van der Waals surface area contributed by atoms with Crippen LogP contribution in [0.25, 0.3) is 10.9 Å². The maximum Gasteiger partial charge on any atom is 0.251 e. The number of hydrogen-bond acceptors (Lipinski definition) is 4. The van der Waals surface area contributed by atoms with E-state index in [0.29, 0.717) is 36.0 Å². The number of nitrogens with zero attached hydrogens (tertiary/aromatic N) is 1. The highest BCUT2D eigenvalue weighted by molar-refractivity contribution is 8.00. The fraction of sp³-hybridized carbons (Fsp3) is 0.333. The lowest BCUT2D eigenvalue weighted by Gasteiger charge is -2.10. The molecule has 1 atom stereocenters. The van der Waals surface area contributed by atoms with Crippen molar-refractivity contribution in [1.82, 2.24) is 15.2 Å². The molecule has 2 aromatic carbocycles. The maximum absolute atomic E-state index is 12.3. The van der Waals surface area contributed by atoms with Crippen LogP contribution in [0, 0.1) is 0 Å². The van der Waals surface area contributed by atoms with Crippen molar-refractivity contribution in [3.63, 3.8) is 0 Å². The van der Waals surface area contributed by atoms with Crippen molar-refractivity contribution in [2.45, 2.75) is 30.4 Å². The first-order valence-electron chi connectivity index (χ1n) is 10.7. The molecule has 8 heteroatoms. The lowest BCUT2D eigenvalue weighted by molar-refractivity contribution is -0.119. The molecular formula is C24H26ClN3O3S. The number of carbonyl (C=O) groups excluding carboxylic acids is 2. The number of benzene rings is 2. The zero-order chi connectivity index (χ0) is 22.3. The second kappa shape index (κ2) is 10.9. The molecule has 168 valence electrons. The second-order valence-corrected chi connectivity index (χ2v) is 9.15. The van der Waals surface area contributed by atoms with E-state index in [-0.39, 0.29) is 17.9 Å². The van der Waals surface area contributed by atoms with Gasteiger partial charge in [0.25, 0.3) is 5.91 Å². The summed E-state index contributed by atoms with van der Waals surface area (Å²) in [6.07, 6.45) is 4.27. The Morgan fingerprint density at radius 1 is 1.12 bits per heavy atom. The zero-order valence-electron chi connectivity index (χ0n) is 17.7. The van der Waals surface area contributed by atoms with Gasteiger partial charge in [-0.15, -0.1) is 11.8 Å². The Bertz CT molecular complexity index is 1080. The molecule has 1 aliphatic heterocycles.